The number of nitrogens with one attached hydrogen (secondary N) is 2. The van der Waals surface area contributed by atoms with Gasteiger partial charge in [-0.2, -0.15) is 0 Å². The molecule has 0 bridgehead atoms. The van der Waals surface area contributed by atoms with Crippen molar-refractivity contribution in [2.45, 2.75) is 39.0 Å². The fraction of sp³-hybridized carbons (Fsp3) is 0.259. The molecule has 0 fully saturated rings. The Hall–Kier alpha value is -4.00. The van der Waals surface area contributed by atoms with Crippen LogP contribution in [0.4, 0.5) is 11.5 Å². The van der Waals surface area contributed by atoms with E-state index in [2.05, 4.69) is 22.5 Å². The predicted molar refractivity (Wildman–Crippen MR) is 133 cm³/mol. The molecule has 7 nitrogen and oxygen atoms in total. The minimum atomic E-state index is -0.433. The van der Waals surface area contributed by atoms with E-state index in [0.717, 1.165) is 25.7 Å². The van der Waals surface area contributed by atoms with Gasteiger partial charge < -0.3 is 15.4 Å². The van der Waals surface area contributed by atoms with Crippen LogP contribution in [-0.4, -0.2) is 29.7 Å². The van der Waals surface area contributed by atoms with E-state index in [-0.39, 0.29) is 17.3 Å². The van der Waals surface area contributed by atoms with Crippen molar-refractivity contribution in [1.29, 1.82) is 0 Å². The van der Waals surface area contributed by atoms with Crippen LogP contribution in [-0.2, 0) is 0 Å². The van der Waals surface area contributed by atoms with Crippen LogP contribution in [0.25, 0.3) is 0 Å². The third-order valence-corrected chi connectivity index (χ3v) is 5.35. The molecule has 0 aliphatic carbocycles. The van der Waals surface area contributed by atoms with Crippen molar-refractivity contribution in [2.75, 3.05) is 17.7 Å². The zero-order valence-electron chi connectivity index (χ0n) is 19.5. The number of hydrogen-bond acceptors (Lipinski definition) is 5. The monoisotopic (exact) mass is 459 g/mol. The first kappa shape index (κ1) is 24.6. The normalized spacial score (nSPS) is 10.4. The van der Waals surface area contributed by atoms with Gasteiger partial charge in [0.05, 0.1) is 18.4 Å². The Balaban J connectivity index is 1.71. The molecule has 1 aromatic heterocycles. The van der Waals surface area contributed by atoms with E-state index in [4.69, 9.17) is 4.74 Å². The average Bonchev–Trinajstić information content (AvgIpc) is 2.87. The number of nitrogens with zero attached hydrogens (tertiary/aromatic N) is 1. The van der Waals surface area contributed by atoms with Crippen molar-refractivity contribution in [2.24, 2.45) is 0 Å². The maximum atomic E-state index is 12.9. The summed E-state index contributed by atoms with van der Waals surface area (Å²) in [6.45, 7) is 2.13. The summed E-state index contributed by atoms with van der Waals surface area (Å²) in [5.74, 6) is 0.121. The molecule has 0 aliphatic rings. The minimum absolute atomic E-state index is 0.0756. The van der Waals surface area contributed by atoms with E-state index in [0.29, 0.717) is 34.8 Å². The van der Waals surface area contributed by atoms with E-state index in [1.165, 1.54) is 7.11 Å². The molecule has 2 amide bonds. The Morgan fingerprint density at radius 2 is 1.62 bits per heavy atom. The van der Waals surface area contributed by atoms with Crippen LogP contribution >= 0.6 is 0 Å². The highest BCUT2D eigenvalue weighted by molar-refractivity contribution is 6.12. The Kier molecular flexibility index (Phi) is 8.91. The van der Waals surface area contributed by atoms with Crippen LogP contribution in [0, 0.1) is 0 Å². The van der Waals surface area contributed by atoms with Gasteiger partial charge in [0.25, 0.3) is 11.8 Å². The smallest absolute Gasteiger partial charge is 0.259 e. The molecule has 3 rings (SSSR count). The third kappa shape index (κ3) is 6.75. The highest BCUT2D eigenvalue weighted by atomic mass is 16.5. The lowest BCUT2D eigenvalue weighted by Gasteiger charge is -2.13. The number of carbonyl (C=O) groups is 3. The topological polar surface area (TPSA) is 97.4 Å². The fourth-order valence-electron chi connectivity index (χ4n) is 3.43. The molecule has 2 aromatic carbocycles. The third-order valence-electron chi connectivity index (χ3n) is 5.35. The number of rotatable bonds is 11. The zero-order chi connectivity index (χ0) is 24.3. The number of hydrogen-bond donors (Lipinski definition) is 2. The van der Waals surface area contributed by atoms with E-state index >= 15 is 0 Å². The average molecular weight is 460 g/mol. The SMILES string of the molecule is CCCCCCC(=O)c1ccc(C(=O)Nc2ccc(OC)cc2C(=O)Nc2ccccn2)cc1. The number of aromatic nitrogens is 1. The number of unbranched alkanes of at least 4 members (excludes halogenated alkanes) is 3. The molecule has 0 spiro atoms. The molecular weight excluding hydrogens is 430 g/mol. The van der Waals surface area contributed by atoms with E-state index < -0.39 is 5.91 Å². The molecule has 176 valence electrons. The second kappa shape index (κ2) is 12.3. The van der Waals surface area contributed by atoms with Crippen LogP contribution in [0.2, 0.25) is 0 Å². The molecule has 1 heterocycles. The van der Waals surface area contributed by atoms with Crippen LogP contribution in [0.3, 0.4) is 0 Å². The minimum Gasteiger partial charge on any atom is -0.497 e. The van der Waals surface area contributed by atoms with Gasteiger partial charge in [0, 0.05) is 23.7 Å². The maximum absolute atomic E-state index is 12.9. The molecule has 3 aromatic rings. The number of anilines is 2. The number of ketones is 1. The lowest BCUT2D eigenvalue weighted by atomic mass is 10.0. The van der Waals surface area contributed by atoms with Gasteiger partial charge in [-0.3, -0.25) is 14.4 Å². The van der Waals surface area contributed by atoms with Crippen LogP contribution in [0.5, 0.6) is 5.75 Å². The van der Waals surface area contributed by atoms with Crippen molar-refractivity contribution in [1.82, 2.24) is 4.98 Å². The first-order valence-electron chi connectivity index (χ1n) is 11.4. The lowest BCUT2D eigenvalue weighted by molar-refractivity contribution is 0.0975. The number of amides is 2. The van der Waals surface area contributed by atoms with Gasteiger partial charge in [0.15, 0.2) is 5.78 Å². The largest absolute Gasteiger partial charge is 0.497 e. The van der Waals surface area contributed by atoms with E-state index in [1.807, 2.05) is 0 Å². The molecule has 7 heteroatoms. The number of benzene rings is 2. The molecule has 0 saturated heterocycles. The van der Waals surface area contributed by atoms with Crippen LogP contribution < -0.4 is 15.4 Å². The van der Waals surface area contributed by atoms with Gasteiger partial charge in [-0.05, 0) is 48.9 Å². The Morgan fingerprint density at radius 3 is 2.29 bits per heavy atom. The predicted octanol–water partition coefficient (Wildman–Crippen LogP) is 5.75. The van der Waals surface area contributed by atoms with Crippen molar-refractivity contribution in [3.63, 3.8) is 0 Å². The summed E-state index contributed by atoms with van der Waals surface area (Å²) in [6.07, 6.45) is 6.24. The molecule has 34 heavy (non-hydrogen) atoms. The molecule has 0 atom stereocenters. The Bertz CT molecular complexity index is 1130. The summed E-state index contributed by atoms with van der Waals surface area (Å²) in [6, 6.07) is 16.6. The summed E-state index contributed by atoms with van der Waals surface area (Å²) >= 11 is 0. The standard InChI is InChI=1S/C27H29N3O4/c1-3-4-5-6-9-24(31)19-11-13-20(14-12-19)26(32)29-23-16-15-21(34-2)18-22(23)27(33)30-25-10-7-8-17-28-25/h7-8,10-18H,3-6,9H2,1-2H3,(H,29,32)(H,28,30,33). The fourth-order valence-corrected chi connectivity index (χ4v) is 3.43. The summed E-state index contributed by atoms with van der Waals surface area (Å²) in [5.41, 5.74) is 1.54. The van der Waals surface area contributed by atoms with Gasteiger partial charge in [-0.15, -0.1) is 0 Å². The van der Waals surface area contributed by atoms with Crippen molar-refractivity contribution >= 4 is 29.1 Å². The lowest BCUT2D eigenvalue weighted by Crippen LogP contribution is -2.19. The molecule has 2 N–H and O–H groups in total. The zero-order valence-corrected chi connectivity index (χ0v) is 19.5. The number of ether oxygens (including phenoxy) is 1. The number of pyridine rings is 1. The Morgan fingerprint density at radius 1 is 0.853 bits per heavy atom. The first-order valence-corrected chi connectivity index (χ1v) is 11.4. The summed E-state index contributed by atoms with van der Waals surface area (Å²) in [5, 5.41) is 5.49. The second-order valence-corrected chi connectivity index (χ2v) is 7.85. The molecular formula is C27H29N3O4. The summed E-state index contributed by atoms with van der Waals surface area (Å²) in [7, 11) is 1.50. The molecule has 0 radical (unpaired) electrons. The number of Topliss-reactive ketones (excluding diaryl/α,β-unsaturated/α-hetero) is 1. The number of carbonyl (C=O) groups excluding carboxylic acids is 3. The molecule has 0 unspecified atom stereocenters. The number of methoxy groups -OCH3 is 1. The highest BCUT2D eigenvalue weighted by Crippen LogP contribution is 2.24. The highest BCUT2D eigenvalue weighted by Gasteiger charge is 2.17. The molecule has 0 aliphatic heterocycles. The van der Waals surface area contributed by atoms with Gasteiger partial charge in [-0.1, -0.05) is 44.4 Å². The van der Waals surface area contributed by atoms with Gasteiger partial charge in [0.2, 0.25) is 0 Å². The van der Waals surface area contributed by atoms with Crippen molar-refractivity contribution in [3.8, 4) is 5.75 Å². The van der Waals surface area contributed by atoms with Crippen LogP contribution in [0.1, 0.15) is 70.1 Å². The van der Waals surface area contributed by atoms with Gasteiger partial charge in [0.1, 0.15) is 11.6 Å². The summed E-state index contributed by atoms with van der Waals surface area (Å²) < 4.78 is 5.24. The maximum Gasteiger partial charge on any atom is 0.259 e. The van der Waals surface area contributed by atoms with E-state index in [1.54, 1.807) is 66.9 Å². The van der Waals surface area contributed by atoms with Crippen molar-refractivity contribution in [3.05, 3.63) is 83.6 Å². The van der Waals surface area contributed by atoms with Crippen LogP contribution in [0.15, 0.2) is 66.9 Å². The van der Waals surface area contributed by atoms with Gasteiger partial charge >= 0.3 is 0 Å². The Labute approximate surface area is 199 Å². The van der Waals surface area contributed by atoms with Gasteiger partial charge in [-0.25, -0.2) is 4.98 Å². The van der Waals surface area contributed by atoms with E-state index in [9.17, 15) is 14.4 Å². The first-order chi connectivity index (χ1) is 16.5. The van der Waals surface area contributed by atoms with Crippen molar-refractivity contribution < 1.29 is 19.1 Å². The summed E-state index contributed by atoms with van der Waals surface area (Å²) in [4.78, 5) is 42.2. The second-order valence-electron chi connectivity index (χ2n) is 7.85. The molecule has 0 saturated carbocycles. The quantitative estimate of drug-likeness (QED) is 0.281.